The number of aromatic nitrogens is 2. The van der Waals surface area contributed by atoms with Crippen molar-refractivity contribution in [3.05, 3.63) is 84.1 Å². The summed E-state index contributed by atoms with van der Waals surface area (Å²) < 4.78 is 54.7. The first-order valence-electron chi connectivity index (χ1n) is 9.35. The van der Waals surface area contributed by atoms with E-state index < -0.39 is 17.3 Å². The smallest absolute Gasteiger partial charge is 0.425 e. The molecule has 31 heavy (non-hydrogen) atoms. The van der Waals surface area contributed by atoms with E-state index in [4.69, 9.17) is 9.47 Å². The van der Waals surface area contributed by atoms with Crippen molar-refractivity contribution in [1.29, 1.82) is 0 Å². The highest BCUT2D eigenvalue weighted by molar-refractivity contribution is 5.81. The maximum atomic E-state index is 14.3. The maximum Gasteiger partial charge on any atom is 0.425 e. The van der Waals surface area contributed by atoms with Crippen LogP contribution in [0.2, 0.25) is 0 Å². The van der Waals surface area contributed by atoms with Gasteiger partial charge in [-0.3, -0.25) is 0 Å². The van der Waals surface area contributed by atoms with Crippen LogP contribution < -0.4 is 9.47 Å². The molecule has 4 rings (SSSR count). The third-order valence-electron chi connectivity index (χ3n) is 5.20. The Morgan fingerprint density at radius 1 is 0.903 bits per heavy atom. The summed E-state index contributed by atoms with van der Waals surface area (Å²) in [5, 5.41) is 15.8. The van der Waals surface area contributed by atoms with Crippen LogP contribution in [-0.4, -0.2) is 35.3 Å². The number of rotatable bonds is 5. The molecule has 160 valence electrons. The summed E-state index contributed by atoms with van der Waals surface area (Å²) in [4.78, 5) is 0. The fourth-order valence-electron chi connectivity index (χ4n) is 3.60. The largest absolute Gasteiger partial charge is 0.497 e. The van der Waals surface area contributed by atoms with E-state index in [1.807, 2.05) is 30.3 Å². The predicted molar refractivity (Wildman–Crippen MR) is 110 cm³/mol. The Morgan fingerprint density at radius 2 is 1.65 bits per heavy atom. The summed E-state index contributed by atoms with van der Waals surface area (Å²) >= 11 is 0. The number of ether oxygens (including phenoxy) is 2. The summed E-state index contributed by atoms with van der Waals surface area (Å²) in [6.45, 7) is 0. The lowest BCUT2D eigenvalue weighted by Crippen LogP contribution is -2.43. The average Bonchev–Trinajstić information content (AvgIpc) is 3.21. The van der Waals surface area contributed by atoms with Gasteiger partial charge in [-0.1, -0.05) is 24.3 Å². The minimum absolute atomic E-state index is 0.140. The standard InChI is InChI=1S/C23H19F3N2O3/c1-30-18-9-10-19(21(13-18)31-2)22(29,23(24,25)26)16-8-11-20-15(12-16)14-27-28(20)17-6-4-3-5-7-17/h3-14,29H,1-2H3. The normalized spacial score (nSPS) is 13.7. The first kappa shape index (κ1) is 20.7. The number of hydrogen-bond acceptors (Lipinski definition) is 4. The lowest BCUT2D eigenvalue weighted by Gasteiger charge is -2.32. The minimum Gasteiger partial charge on any atom is -0.497 e. The second-order valence-corrected chi connectivity index (χ2v) is 6.94. The number of para-hydroxylation sites is 1. The first-order valence-corrected chi connectivity index (χ1v) is 9.35. The highest BCUT2D eigenvalue weighted by atomic mass is 19.4. The van der Waals surface area contributed by atoms with E-state index in [0.29, 0.717) is 16.7 Å². The monoisotopic (exact) mass is 428 g/mol. The number of alkyl halides is 3. The molecule has 1 N–H and O–H groups in total. The molecular formula is C23H19F3N2O3. The van der Waals surface area contributed by atoms with E-state index in [0.717, 1.165) is 11.8 Å². The van der Waals surface area contributed by atoms with Gasteiger partial charge in [0.15, 0.2) is 0 Å². The first-order chi connectivity index (χ1) is 14.8. The average molecular weight is 428 g/mol. The molecule has 0 saturated carbocycles. The topological polar surface area (TPSA) is 56.5 Å². The molecule has 8 heteroatoms. The molecule has 0 aliphatic heterocycles. The molecule has 0 saturated heterocycles. The Hall–Kier alpha value is -3.52. The molecule has 0 amide bonds. The molecule has 0 radical (unpaired) electrons. The van der Waals surface area contributed by atoms with Crippen molar-refractivity contribution in [2.24, 2.45) is 0 Å². The minimum atomic E-state index is -5.02. The van der Waals surface area contributed by atoms with E-state index in [9.17, 15) is 18.3 Å². The Bertz CT molecular complexity index is 1220. The summed E-state index contributed by atoms with van der Waals surface area (Å²) in [5.74, 6) is 0.170. The van der Waals surface area contributed by atoms with E-state index >= 15 is 0 Å². The number of aliphatic hydroxyl groups is 1. The van der Waals surface area contributed by atoms with Gasteiger partial charge < -0.3 is 14.6 Å². The zero-order chi connectivity index (χ0) is 22.2. The van der Waals surface area contributed by atoms with Crippen molar-refractivity contribution in [3.8, 4) is 17.2 Å². The van der Waals surface area contributed by atoms with Gasteiger partial charge in [-0.25, -0.2) is 4.68 Å². The predicted octanol–water partition coefficient (Wildman–Crippen LogP) is 4.84. The number of nitrogens with zero attached hydrogens (tertiary/aromatic N) is 2. The van der Waals surface area contributed by atoms with Crippen molar-refractivity contribution in [2.75, 3.05) is 14.2 Å². The van der Waals surface area contributed by atoms with Crippen molar-refractivity contribution in [2.45, 2.75) is 11.8 Å². The third-order valence-corrected chi connectivity index (χ3v) is 5.20. The number of hydrogen-bond donors (Lipinski definition) is 1. The van der Waals surface area contributed by atoms with Gasteiger partial charge in [-0.2, -0.15) is 18.3 Å². The summed E-state index contributed by atoms with van der Waals surface area (Å²) in [6.07, 6.45) is -3.55. The molecule has 0 spiro atoms. The van der Waals surface area contributed by atoms with Gasteiger partial charge in [-0.05, 0) is 42.0 Å². The van der Waals surface area contributed by atoms with Crippen LogP contribution in [0, 0.1) is 0 Å². The van der Waals surface area contributed by atoms with E-state index in [1.165, 1.54) is 50.7 Å². The highest BCUT2D eigenvalue weighted by Crippen LogP contribution is 2.48. The summed E-state index contributed by atoms with van der Waals surface area (Å²) in [6, 6.07) is 17.1. The molecule has 1 unspecified atom stereocenters. The molecule has 5 nitrogen and oxygen atoms in total. The second-order valence-electron chi connectivity index (χ2n) is 6.94. The van der Waals surface area contributed by atoms with Crippen LogP contribution >= 0.6 is 0 Å². The zero-order valence-corrected chi connectivity index (χ0v) is 16.7. The lowest BCUT2D eigenvalue weighted by atomic mass is 9.84. The molecule has 0 bridgehead atoms. The van der Waals surface area contributed by atoms with Gasteiger partial charge in [-0.15, -0.1) is 0 Å². The molecular weight excluding hydrogens is 409 g/mol. The number of methoxy groups -OCH3 is 2. The van der Waals surface area contributed by atoms with Crippen LogP contribution in [0.5, 0.6) is 11.5 Å². The Kier molecular flexibility index (Phi) is 5.10. The van der Waals surface area contributed by atoms with Crippen molar-refractivity contribution in [1.82, 2.24) is 9.78 Å². The molecule has 0 fully saturated rings. The second kappa shape index (κ2) is 7.63. The number of halogens is 3. The fourth-order valence-corrected chi connectivity index (χ4v) is 3.60. The molecule has 4 aromatic rings. The Balaban J connectivity index is 1.90. The van der Waals surface area contributed by atoms with E-state index in [2.05, 4.69) is 5.10 Å². The van der Waals surface area contributed by atoms with Crippen molar-refractivity contribution >= 4 is 10.9 Å². The summed E-state index contributed by atoms with van der Waals surface area (Å²) in [5.41, 5.74) is -2.69. The van der Waals surface area contributed by atoms with Gasteiger partial charge in [0.05, 0.1) is 31.6 Å². The number of benzene rings is 3. The molecule has 1 atom stereocenters. The van der Waals surface area contributed by atoms with Crippen LogP contribution in [0.25, 0.3) is 16.6 Å². The molecule has 3 aromatic carbocycles. The van der Waals surface area contributed by atoms with Gasteiger partial charge in [0, 0.05) is 17.0 Å². The third kappa shape index (κ3) is 3.38. The van der Waals surface area contributed by atoms with Crippen LogP contribution in [-0.2, 0) is 5.60 Å². The summed E-state index contributed by atoms with van der Waals surface area (Å²) in [7, 11) is 2.63. The van der Waals surface area contributed by atoms with Crippen LogP contribution in [0.3, 0.4) is 0 Å². The SMILES string of the molecule is COc1ccc(C(O)(c2ccc3c(cnn3-c3ccccc3)c2)C(F)(F)F)c(OC)c1. The lowest BCUT2D eigenvalue weighted by molar-refractivity contribution is -0.248. The number of fused-ring (bicyclic) bond motifs is 1. The maximum absolute atomic E-state index is 14.3. The van der Waals surface area contributed by atoms with Crippen LogP contribution in [0.15, 0.2) is 72.9 Å². The van der Waals surface area contributed by atoms with Gasteiger partial charge in [0.25, 0.3) is 0 Å². The van der Waals surface area contributed by atoms with E-state index in [1.54, 1.807) is 4.68 Å². The Morgan fingerprint density at radius 3 is 2.29 bits per heavy atom. The van der Waals surface area contributed by atoms with Crippen molar-refractivity contribution in [3.63, 3.8) is 0 Å². The zero-order valence-electron chi connectivity index (χ0n) is 16.7. The van der Waals surface area contributed by atoms with Gasteiger partial charge in [0.1, 0.15) is 11.5 Å². The van der Waals surface area contributed by atoms with Crippen LogP contribution in [0.4, 0.5) is 13.2 Å². The fraction of sp³-hybridized carbons (Fsp3) is 0.174. The van der Waals surface area contributed by atoms with Gasteiger partial charge >= 0.3 is 6.18 Å². The van der Waals surface area contributed by atoms with E-state index in [-0.39, 0.29) is 11.3 Å². The quantitative estimate of drug-likeness (QED) is 0.494. The van der Waals surface area contributed by atoms with Gasteiger partial charge in [0.2, 0.25) is 5.60 Å². The van der Waals surface area contributed by atoms with Crippen molar-refractivity contribution < 1.29 is 27.8 Å². The molecule has 0 aliphatic carbocycles. The molecule has 1 aromatic heterocycles. The Labute approximate surface area is 176 Å². The van der Waals surface area contributed by atoms with Crippen LogP contribution in [0.1, 0.15) is 11.1 Å². The molecule has 0 aliphatic rings. The highest BCUT2D eigenvalue weighted by Gasteiger charge is 2.57. The molecule has 1 heterocycles.